The molecule has 22 heavy (non-hydrogen) atoms. The third-order valence-corrected chi connectivity index (χ3v) is 4.38. The molecular weight excluding hydrogens is 282 g/mol. The number of ether oxygens (including phenoxy) is 2. The van der Waals surface area contributed by atoms with Crippen LogP contribution in [0.4, 0.5) is 0 Å². The highest BCUT2D eigenvalue weighted by Gasteiger charge is 2.29. The third-order valence-electron chi connectivity index (χ3n) is 4.38. The lowest BCUT2D eigenvalue weighted by Gasteiger charge is -2.33. The highest BCUT2D eigenvalue weighted by atomic mass is 16.5. The number of amides is 1. The summed E-state index contributed by atoms with van der Waals surface area (Å²) >= 11 is 0. The predicted molar refractivity (Wildman–Crippen MR) is 81.2 cm³/mol. The molecule has 0 N–H and O–H groups in total. The molecule has 1 amide bonds. The van der Waals surface area contributed by atoms with Crippen LogP contribution in [0.15, 0.2) is 18.2 Å². The molecule has 0 aromatic heterocycles. The van der Waals surface area contributed by atoms with E-state index < -0.39 is 0 Å². The number of Topliss-reactive ketones (excluding diaryl/α,β-unsaturated/α-hetero) is 1. The van der Waals surface area contributed by atoms with Crippen molar-refractivity contribution in [3.8, 4) is 0 Å². The van der Waals surface area contributed by atoms with Gasteiger partial charge in [0.1, 0.15) is 0 Å². The molecule has 2 aliphatic rings. The Morgan fingerprint density at radius 2 is 2.27 bits per heavy atom. The number of morpholine rings is 1. The highest BCUT2D eigenvalue weighted by Crippen LogP contribution is 2.26. The average molecular weight is 303 g/mol. The second kappa shape index (κ2) is 6.58. The minimum absolute atomic E-state index is 0.0114. The summed E-state index contributed by atoms with van der Waals surface area (Å²) in [5, 5.41) is 0. The fourth-order valence-corrected chi connectivity index (χ4v) is 3.19. The average Bonchev–Trinajstić information content (AvgIpc) is 2.94. The van der Waals surface area contributed by atoms with Crippen molar-refractivity contribution in [2.45, 2.75) is 25.4 Å². The summed E-state index contributed by atoms with van der Waals surface area (Å²) in [7, 11) is 1.66. The van der Waals surface area contributed by atoms with Crippen LogP contribution in [0.25, 0.3) is 0 Å². The van der Waals surface area contributed by atoms with Crippen LogP contribution in [0.2, 0.25) is 0 Å². The van der Waals surface area contributed by atoms with E-state index in [4.69, 9.17) is 9.47 Å². The molecule has 1 aromatic rings. The molecular formula is C17H21NO4. The number of nitrogens with zero attached hydrogens (tertiary/aromatic N) is 1. The zero-order valence-corrected chi connectivity index (χ0v) is 12.8. The minimum atomic E-state index is 0.0114. The zero-order valence-electron chi connectivity index (χ0n) is 12.8. The smallest absolute Gasteiger partial charge is 0.254 e. The number of fused-ring (bicyclic) bond motifs is 1. The van der Waals surface area contributed by atoms with Crippen molar-refractivity contribution in [2.24, 2.45) is 0 Å². The first-order chi connectivity index (χ1) is 10.7. The van der Waals surface area contributed by atoms with Gasteiger partial charge in [0, 0.05) is 44.4 Å². The lowest BCUT2D eigenvalue weighted by molar-refractivity contribution is -0.0333. The van der Waals surface area contributed by atoms with Gasteiger partial charge >= 0.3 is 0 Å². The fourth-order valence-electron chi connectivity index (χ4n) is 3.19. The SMILES string of the molecule is COCC[C@@H]1CN(C(=O)c2cccc3c2CCC3=O)CCO1. The van der Waals surface area contributed by atoms with Gasteiger partial charge in [-0.15, -0.1) is 0 Å². The molecule has 5 nitrogen and oxygen atoms in total. The quantitative estimate of drug-likeness (QED) is 0.849. The minimum Gasteiger partial charge on any atom is -0.385 e. The Kier molecular flexibility index (Phi) is 4.55. The monoisotopic (exact) mass is 303 g/mol. The number of benzene rings is 1. The summed E-state index contributed by atoms with van der Waals surface area (Å²) in [6, 6.07) is 5.46. The molecule has 5 heteroatoms. The van der Waals surface area contributed by atoms with Crippen molar-refractivity contribution in [1.29, 1.82) is 0 Å². The molecule has 0 spiro atoms. The second-order valence-electron chi connectivity index (χ2n) is 5.78. The van der Waals surface area contributed by atoms with Gasteiger partial charge in [0.2, 0.25) is 0 Å². The first-order valence-corrected chi connectivity index (χ1v) is 7.75. The Bertz CT molecular complexity index is 584. The van der Waals surface area contributed by atoms with Crippen molar-refractivity contribution < 1.29 is 19.1 Å². The topological polar surface area (TPSA) is 55.8 Å². The van der Waals surface area contributed by atoms with E-state index in [9.17, 15) is 9.59 Å². The van der Waals surface area contributed by atoms with Crippen LogP contribution in [0.3, 0.4) is 0 Å². The van der Waals surface area contributed by atoms with Crippen LogP contribution in [0.1, 0.15) is 39.1 Å². The Labute approximate surface area is 130 Å². The first kappa shape index (κ1) is 15.2. The number of rotatable bonds is 4. The Morgan fingerprint density at radius 3 is 3.09 bits per heavy atom. The second-order valence-corrected chi connectivity index (χ2v) is 5.78. The van der Waals surface area contributed by atoms with Gasteiger partial charge in [0.25, 0.3) is 5.91 Å². The van der Waals surface area contributed by atoms with Crippen LogP contribution in [0.5, 0.6) is 0 Å². The Hall–Kier alpha value is -1.72. The van der Waals surface area contributed by atoms with E-state index in [-0.39, 0.29) is 17.8 Å². The lowest BCUT2D eigenvalue weighted by Crippen LogP contribution is -2.46. The van der Waals surface area contributed by atoms with Gasteiger partial charge in [-0.1, -0.05) is 12.1 Å². The molecule has 1 heterocycles. The van der Waals surface area contributed by atoms with Crippen LogP contribution in [-0.4, -0.2) is 56.1 Å². The summed E-state index contributed by atoms with van der Waals surface area (Å²) in [6.07, 6.45) is 1.99. The lowest BCUT2D eigenvalue weighted by atomic mass is 10.0. The van der Waals surface area contributed by atoms with E-state index in [0.717, 1.165) is 17.5 Å². The normalized spacial score (nSPS) is 21.0. The van der Waals surface area contributed by atoms with Gasteiger partial charge in [-0.05, 0) is 24.5 Å². The number of hydrogen-bond donors (Lipinski definition) is 0. The van der Waals surface area contributed by atoms with Crippen LogP contribution < -0.4 is 0 Å². The summed E-state index contributed by atoms with van der Waals surface area (Å²) in [5.74, 6) is 0.155. The van der Waals surface area contributed by atoms with Crippen molar-refractivity contribution in [2.75, 3.05) is 33.4 Å². The standard InChI is InChI=1S/C17H21NO4/c1-21-9-7-12-11-18(8-10-22-12)17(20)15-4-2-3-14-13(15)5-6-16(14)19/h2-4,12H,5-11H2,1H3/t12-/m1/s1. The van der Waals surface area contributed by atoms with Crippen LogP contribution in [0, 0.1) is 0 Å². The van der Waals surface area contributed by atoms with Gasteiger partial charge in [-0.3, -0.25) is 9.59 Å². The molecule has 0 unspecified atom stereocenters. The van der Waals surface area contributed by atoms with Crippen molar-refractivity contribution in [1.82, 2.24) is 4.90 Å². The van der Waals surface area contributed by atoms with Crippen molar-refractivity contribution in [3.05, 3.63) is 34.9 Å². The molecule has 118 valence electrons. The van der Waals surface area contributed by atoms with E-state index in [1.54, 1.807) is 13.2 Å². The largest absolute Gasteiger partial charge is 0.385 e. The van der Waals surface area contributed by atoms with E-state index in [2.05, 4.69) is 0 Å². The molecule has 0 bridgehead atoms. The van der Waals surface area contributed by atoms with Gasteiger partial charge < -0.3 is 14.4 Å². The molecule has 1 fully saturated rings. The molecule has 1 aliphatic heterocycles. The van der Waals surface area contributed by atoms with Crippen molar-refractivity contribution in [3.63, 3.8) is 0 Å². The number of carbonyl (C=O) groups excluding carboxylic acids is 2. The van der Waals surface area contributed by atoms with Gasteiger partial charge in [-0.2, -0.15) is 0 Å². The van der Waals surface area contributed by atoms with E-state index in [0.29, 0.717) is 44.7 Å². The Morgan fingerprint density at radius 1 is 1.41 bits per heavy atom. The van der Waals surface area contributed by atoms with E-state index >= 15 is 0 Å². The molecule has 3 rings (SSSR count). The van der Waals surface area contributed by atoms with Crippen LogP contribution in [-0.2, 0) is 15.9 Å². The molecule has 0 radical (unpaired) electrons. The molecule has 1 aromatic carbocycles. The van der Waals surface area contributed by atoms with Gasteiger partial charge in [0.15, 0.2) is 5.78 Å². The number of carbonyl (C=O) groups is 2. The first-order valence-electron chi connectivity index (χ1n) is 7.75. The summed E-state index contributed by atoms with van der Waals surface area (Å²) < 4.78 is 10.8. The zero-order chi connectivity index (χ0) is 15.5. The summed E-state index contributed by atoms with van der Waals surface area (Å²) in [5.41, 5.74) is 2.31. The van der Waals surface area contributed by atoms with Crippen LogP contribution >= 0.6 is 0 Å². The third kappa shape index (κ3) is 2.91. The Balaban J connectivity index is 1.76. The maximum Gasteiger partial charge on any atom is 0.254 e. The fraction of sp³-hybridized carbons (Fsp3) is 0.529. The summed E-state index contributed by atoms with van der Waals surface area (Å²) in [6.45, 7) is 2.36. The molecule has 1 saturated heterocycles. The maximum atomic E-state index is 12.8. The molecule has 0 saturated carbocycles. The molecule has 1 aliphatic carbocycles. The maximum absolute atomic E-state index is 12.8. The van der Waals surface area contributed by atoms with Gasteiger partial charge in [-0.25, -0.2) is 0 Å². The van der Waals surface area contributed by atoms with Gasteiger partial charge in [0.05, 0.1) is 12.7 Å². The van der Waals surface area contributed by atoms with Crippen molar-refractivity contribution >= 4 is 11.7 Å². The summed E-state index contributed by atoms with van der Waals surface area (Å²) in [4.78, 5) is 26.5. The molecule has 1 atom stereocenters. The predicted octanol–water partition coefficient (Wildman–Crippen LogP) is 1.69. The number of methoxy groups -OCH3 is 1. The number of hydrogen-bond acceptors (Lipinski definition) is 4. The van der Waals surface area contributed by atoms with E-state index in [1.165, 1.54) is 0 Å². The number of ketones is 1. The van der Waals surface area contributed by atoms with E-state index in [1.807, 2.05) is 17.0 Å². The highest BCUT2D eigenvalue weighted by molar-refractivity contribution is 6.05.